The zero-order valence-corrected chi connectivity index (χ0v) is 19.4. The van der Waals surface area contributed by atoms with Crippen molar-refractivity contribution < 1.29 is 24.2 Å². The second kappa shape index (κ2) is 9.85. The molecule has 0 radical (unpaired) electrons. The molecule has 0 spiro atoms. The number of carbonyl (C=O) groups is 2. The lowest BCUT2D eigenvalue weighted by Gasteiger charge is -2.32. The number of fused-ring (bicyclic) bond motifs is 2. The molecular weight excluding hydrogens is 450 g/mol. The van der Waals surface area contributed by atoms with Gasteiger partial charge in [-0.15, -0.1) is 0 Å². The molecule has 2 aliphatic heterocycles. The van der Waals surface area contributed by atoms with Gasteiger partial charge in [0.1, 0.15) is 11.3 Å². The number of hydrogen-bond donors (Lipinski definition) is 3. The third kappa shape index (κ3) is 5.03. The van der Waals surface area contributed by atoms with Crippen molar-refractivity contribution in [2.45, 2.75) is 18.9 Å². The smallest absolute Gasteiger partial charge is 0.262 e. The van der Waals surface area contributed by atoms with Crippen LogP contribution in [0.25, 0.3) is 11.0 Å². The molecule has 1 fully saturated rings. The largest absolute Gasteiger partial charge is 0.482 e. The van der Waals surface area contributed by atoms with Gasteiger partial charge in [0.25, 0.3) is 5.91 Å². The van der Waals surface area contributed by atoms with Gasteiger partial charge in [-0.2, -0.15) is 0 Å². The molecule has 3 N–H and O–H groups in total. The van der Waals surface area contributed by atoms with Crippen molar-refractivity contribution in [1.29, 1.82) is 0 Å². The molecule has 35 heavy (non-hydrogen) atoms. The first-order valence-corrected chi connectivity index (χ1v) is 11.6. The van der Waals surface area contributed by atoms with E-state index in [4.69, 9.17) is 9.47 Å². The van der Waals surface area contributed by atoms with E-state index in [0.29, 0.717) is 72.1 Å². The third-order valence-electron chi connectivity index (χ3n) is 6.44. The number of carbonyl (C=O) groups excluding carboxylic acids is 2. The van der Waals surface area contributed by atoms with Crippen LogP contribution in [0.2, 0.25) is 0 Å². The minimum Gasteiger partial charge on any atom is -0.482 e. The Morgan fingerprint density at radius 2 is 2.11 bits per heavy atom. The molecule has 182 valence electrons. The standard InChI is InChI=1S/C25H27N5O5/c1-34-23-5-3-17-24(29-23)18(6-9-26-17)28-25(33)15-7-10-30(11-8-15)13-20(31)16-2-4-21-19(12-16)27-22(32)14-35-21/h2-6,9,12,15,20,31H,7-8,10-11,13-14H2,1H3,(H,27,32)(H,26,28,33). The van der Waals surface area contributed by atoms with E-state index in [1.807, 2.05) is 12.1 Å². The number of likely N-dealkylation sites (tertiary alicyclic amines) is 1. The molecular formula is C25H27N5O5. The summed E-state index contributed by atoms with van der Waals surface area (Å²) in [5.41, 5.74) is 3.17. The second-order valence-electron chi connectivity index (χ2n) is 8.75. The predicted molar refractivity (Wildman–Crippen MR) is 129 cm³/mol. The fourth-order valence-electron chi connectivity index (χ4n) is 4.49. The molecule has 4 heterocycles. The molecule has 5 rings (SSSR count). The van der Waals surface area contributed by atoms with Crippen molar-refractivity contribution in [2.75, 3.05) is 44.0 Å². The van der Waals surface area contributed by atoms with E-state index in [1.54, 1.807) is 37.6 Å². The van der Waals surface area contributed by atoms with Crippen LogP contribution in [0.4, 0.5) is 11.4 Å². The average Bonchev–Trinajstić information content (AvgIpc) is 2.88. The van der Waals surface area contributed by atoms with Gasteiger partial charge in [0, 0.05) is 24.7 Å². The number of aliphatic hydroxyl groups excluding tert-OH is 1. The van der Waals surface area contributed by atoms with Gasteiger partial charge < -0.3 is 30.1 Å². The first-order valence-electron chi connectivity index (χ1n) is 11.6. The molecule has 0 aliphatic carbocycles. The number of methoxy groups -OCH3 is 1. The number of piperidine rings is 1. The number of rotatable bonds is 6. The Kier molecular flexibility index (Phi) is 6.47. The van der Waals surface area contributed by atoms with Crippen LogP contribution < -0.4 is 20.1 Å². The molecule has 2 aliphatic rings. The summed E-state index contributed by atoms with van der Waals surface area (Å²) in [5, 5.41) is 16.5. The van der Waals surface area contributed by atoms with Crippen molar-refractivity contribution in [1.82, 2.24) is 14.9 Å². The van der Waals surface area contributed by atoms with Gasteiger partial charge in [-0.3, -0.25) is 14.6 Å². The van der Waals surface area contributed by atoms with E-state index < -0.39 is 6.10 Å². The van der Waals surface area contributed by atoms with E-state index in [1.165, 1.54) is 0 Å². The van der Waals surface area contributed by atoms with Gasteiger partial charge >= 0.3 is 0 Å². The summed E-state index contributed by atoms with van der Waals surface area (Å²) in [5.74, 6) is 0.671. The highest BCUT2D eigenvalue weighted by molar-refractivity contribution is 6.00. The maximum absolute atomic E-state index is 13.0. The van der Waals surface area contributed by atoms with Crippen LogP contribution in [0, 0.1) is 5.92 Å². The fourth-order valence-corrected chi connectivity index (χ4v) is 4.49. The molecule has 3 aromatic rings. The highest BCUT2D eigenvalue weighted by Gasteiger charge is 2.27. The quantitative estimate of drug-likeness (QED) is 0.494. The summed E-state index contributed by atoms with van der Waals surface area (Å²) >= 11 is 0. The van der Waals surface area contributed by atoms with Gasteiger partial charge in [0.2, 0.25) is 11.8 Å². The highest BCUT2D eigenvalue weighted by atomic mass is 16.5. The minimum absolute atomic E-state index is 0.000484. The Hall–Kier alpha value is -3.76. The SMILES string of the molecule is COc1ccc2nccc(NC(=O)C3CCN(CC(O)c4ccc5c(c4)NC(=O)CO5)CC3)c2n1. The van der Waals surface area contributed by atoms with Crippen LogP contribution in [-0.4, -0.2) is 65.1 Å². The Morgan fingerprint density at radius 3 is 2.91 bits per heavy atom. The Balaban J connectivity index is 1.17. The number of hydrogen-bond acceptors (Lipinski definition) is 8. The number of nitrogens with zero attached hydrogens (tertiary/aromatic N) is 3. The zero-order chi connectivity index (χ0) is 24.4. The normalized spacial score (nSPS) is 17.3. The van der Waals surface area contributed by atoms with Crippen LogP contribution in [0.5, 0.6) is 11.6 Å². The molecule has 1 aromatic carbocycles. The first-order chi connectivity index (χ1) is 17.0. The highest BCUT2D eigenvalue weighted by Crippen LogP contribution is 2.31. The van der Waals surface area contributed by atoms with Gasteiger partial charge in [-0.05, 0) is 55.8 Å². The summed E-state index contributed by atoms with van der Waals surface area (Å²) in [6.07, 6.45) is 2.31. The number of aromatic nitrogens is 2. The number of amides is 2. The van der Waals surface area contributed by atoms with E-state index in [9.17, 15) is 14.7 Å². The molecule has 1 unspecified atom stereocenters. The molecule has 1 saturated heterocycles. The van der Waals surface area contributed by atoms with E-state index in [-0.39, 0.29) is 24.3 Å². The van der Waals surface area contributed by atoms with Crippen LogP contribution in [-0.2, 0) is 9.59 Å². The van der Waals surface area contributed by atoms with Crippen LogP contribution >= 0.6 is 0 Å². The van der Waals surface area contributed by atoms with Crippen LogP contribution in [0.15, 0.2) is 42.6 Å². The summed E-state index contributed by atoms with van der Waals surface area (Å²) in [7, 11) is 1.55. The molecule has 0 saturated carbocycles. The number of ether oxygens (including phenoxy) is 2. The zero-order valence-electron chi connectivity index (χ0n) is 19.4. The van der Waals surface area contributed by atoms with E-state index in [2.05, 4.69) is 25.5 Å². The summed E-state index contributed by atoms with van der Waals surface area (Å²) < 4.78 is 10.6. The van der Waals surface area contributed by atoms with Crippen molar-refractivity contribution in [2.24, 2.45) is 5.92 Å². The maximum atomic E-state index is 13.0. The first kappa shape index (κ1) is 23.0. The fraction of sp³-hybridized carbons (Fsp3) is 0.360. The number of anilines is 2. The number of nitrogens with one attached hydrogen (secondary N) is 2. The summed E-state index contributed by atoms with van der Waals surface area (Å²) in [4.78, 5) is 35.4. The predicted octanol–water partition coefficient (Wildman–Crippen LogP) is 2.35. The molecule has 1 atom stereocenters. The number of β-amino-alcohol motifs (C(OH)–C–C–N with tert-alkyl or cyclic N) is 1. The van der Waals surface area contributed by atoms with Crippen molar-refractivity contribution in [3.05, 3.63) is 48.2 Å². The Bertz CT molecular complexity index is 1260. The lowest BCUT2D eigenvalue weighted by Crippen LogP contribution is -2.40. The van der Waals surface area contributed by atoms with E-state index >= 15 is 0 Å². The second-order valence-corrected chi connectivity index (χ2v) is 8.75. The summed E-state index contributed by atoms with van der Waals surface area (Å²) in [6, 6.07) is 10.6. The monoisotopic (exact) mass is 477 g/mol. The number of pyridine rings is 2. The van der Waals surface area contributed by atoms with Crippen molar-refractivity contribution in [3.8, 4) is 11.6 Å². The molecule has 2 aromatic heterocycles. The van der Waals surface area contributed by atoms with Crippen molar-refractivity contribution >= 4 is 34.2 Å². The lowest BCUT2D eigenvalue weighted by atomic mass is 9.95. The van der Waals surface area contributed by atoms with Gasteiger partial charge in [-0.1, -0.05) is 6.07 Å². The maximum Gasteiger partial charge on any atom is 0.262 e. The third-order valence-corrected chi connectivity index (χ3v) is 6.44. The van der Waals surface area contributed by atoms with Crippen LogP contribution in [0.1, 0.15) is 24.5 Å². The van der Waals surface area contributed by atoms with E-state index in [0.717, 1.165) is 0 Å². The van der Waals surface area contributed by atoms with Gasteiger partial charge in [-0.25, -0.2) is 4.98 Å². The Morgan fingerprint density at radius 1 is 1.29 bits per heavy atom. The summed E-state index contributed by atoms with van der Waals surface area (Å²) in [6.45, 7) is 1.84. The Labute approximate surface area is 202 Å². The van der Waals surface area contributed by atoms with Gasteiger partial charge in [0.15, 0.2) is 6.61 Å². The van der Waals surface area contributed by atoms with Gasteiger partial charge in [0.05, 0.1) is 30.1 Å². The van der Waals surface area contributed by atoms with Crippen LogP contribution in [0.3, 0.4) is 0 Å². The molecule has 0 bridgehead atoms. The number of aliphatic hydroxyl groups is 1. The topological polar surface area (TPSA) is 126 Å². The molecule has 2 amide bonds. The lowest BCUT2D eigenvalue weighted by molar-refractivity contribution is -0.121. The average molecular weight is 478 g/mol. The molecule has 10 heteroatoms. The minimum atomic E-state index is -0.714. The van der Waals surface area contributed by atoms with Crippen molar-refractivity contribution in [3.63, 3.8) is 0 Å². The molecule has 10 nitrogen and oxygen atoms in total. The number of benzene rings is 1.